The molecule has 4 rings (SSSR count). The number of aryl methyl sites for hydroxylation is 1. The summed E-state index contributed by atoms with van der Waals surface area (Å²) in [5.74, 6) is 1.77. The van der Waals surface area contributed by atoms with Crippen LogP contribution < -0.4 is 20.5 Å². The normalized spacial score (nSPS) is 15.3. The predicted octanol–water partition coefficient (Wildman–Crippen LogP) is 3.44. The molecule has 1 aromatic heterocycles. The maximum Gasteiger partial charge on any atom is 0.248 e. The van der Waals surface area contributed by atoms with Crippen molar-refractivity contribution in [3.8, 4) is 22.9 Å². The molecule has 31 heavy (non-hydrogen) atoms. The highest BCUT2D eigenvalue weighted by Crippen LogP contribution is 2.39. The minimum absolute atomic E-state index is 0.416. The van der Waals surface area contributed by atoms with Crippen LogP contribution in [0.25, 0.3) is 11.4 Å². The van der Waals surface area contributed by atoms with Gasteiger partial charge in [-0.05, 0) is 44.5 Å². The largest absolute Gasteiger partial charge is 0.493 e. The highest BCUT2D eigenvalue weighted by Gasteiger charge is 2.34. The Morgan fingerprint density at radius 1 is 1.19 bits per heavy atom. The molecule has 0 fully saturated rings. The highest BCUT2D eigenvalue weighted by atomic mass is 16.5. The van der Waals surface area contributed by atoms with Crippen LogP contribution in [0.4, 0.5) is 5.95 Å². The Kier molecular flexibility index (Phi) is 5.37. The van der Waals surface area contributed by atoms with E-state index in [2.05, 4.69) is 10.3 Å². The molecule has 1 aliphatic rings. The average Bonchev–Trinajstić information content (AvgIpc) is 3.16. The van der Waals surface area contributed by atoms with E-state index in [0.717, 1.165) is 16.7 Å². The molecule has 0 bridgehead atoms. The number of nitrogens with one attached hydrogen (secondary N) is 1. The number of carbonyl (C=O) groups excluding carboxylic acids is 1. The molecule has 2 heterocycles. The molecular weight excluding hydrogens is 394 g/mol. The maximum absolute atomic E-state index is 12.4. The molecule has 1 unspecified atom stereocenters. The zero-order valence-corrected chi connectivity index (χ0v) is 18.0. The van der Waals surface area contributed by atoms with Crippen molar-refractivity contribution < 1.29 is 14.3 Å². The second-order valence-electron chi connectivity index (χ2n) is 7.35. The Balaban J connectivity index is 1.87. The molecule has 0 saturated carbocycles. The average molecular weight is 419 g/mol. The molecule has 0 aliphatic carbocycles. The minimum atomic E-state index is -0.551. The highest BCUT2D eigenvalue weighted by molar-refractivity contribution is 5.95. The molecule has 0 saturated heterocycles. The fourth-order valence-corrected chi connectivity index (χ4v) is 3.81. The SMILES string of the molecule is CCOc1ccc(C2C(C(N)=O)=C(C)Nc3nc(-c4cccc(C)c4)nn32)cc1OC. The molecule has 0 radical (unpaired) electrons. The van der Waals surface area contributed by atoms with Gasteiger partial charge in [-0.1, -0.05) is 29.8 Å². The van der Waals surface area contributed by atoms with E-state index in [1.165, 1.54) is 0 Å². The number of nitrogens with zero attached hydrogens (tertiary/aromatic N) is 3. The first kappa shape index (κ1) is 20.5. The molecular formula is C23H25N5O3. The van der Waals surface area contributed by atoms with E-state index in [4.69, 9.17) is 20.3 Å². The number of ether oxygens (including phenoxy) is 2. The van der Waals surface area contributed by atoms with Gasteiger partial charge in [0.2, 0.25) is 11.9 Å². The van der Waals surface area contributed by atoms with Gasteiger partial charge < -0.3 is 20.5 Å². The van der Waals surface area contributed by atoms with Gasteiger partial charge in [-0.15, -0.1) is 5.10 Å². The molecule has 3 aromatic rings. The second kappa shape index (κ2) is 8.14. The van der Waals surface area contributed by atoms with Crippen LogP contribution in [0.15, 0.2) is 53.7 Å². The van der Waals surface area contributed by atoms with Crippen LogP contribution in [0, 0.1) is 6.92 Å². The summed E-state index contributed by atoms with van der Waals surface area (Å²) in [4.78, 5) is 17.1. The van der Waals surface area contributed by atoms with Gasteiger partial charge in [0.05, 0.1) is 19.3 Å². The van der Waals surface area contributed by atoms with E-state index in [1.54, 1.807) is 11.8 Å². The zero-order valence-electron chi connectivity index (χ0n) is 18.0. The topological polar surface area (TPSA) is 104 Å². The minimum Gasteiger partial charge on any atom is -0.493 e. The Morgan fingerprint density at radius 2 is 2.00 bits per heavy atom. The van der Waals surface area contributed by atoms with Gasteiger partial charge in [0.1, 0.15) is 6.04 Å². The van der Waals surface area contributed by atoms with Crippen LogP contribution in [0.3, 0.4) is 0 Å². The first-order chi connectivity index (χ1) is 14.9. The van der Waals surface area contributed by atoms with E-state index < -0.39 is 11.9 Å². The lowest BCUT2D eigenvalue weighted by molar-refractivity contribution is -0.115. The third-order valence-electron chi connectivity index (χ3n) is 5.20. The number of anilines is 1. The number of hydrogen-bond donors (Lipinski definition) is 2. The number of benzene rings is 2. The fourth-order valence-electron chi connectivity index (χ4n) is 3.81. The second-order valence-corrected chi connectivity index (χ2v) is 7.35. The Labute approximate surface area is 180 Å². The van der Waals surface area contributed by atoms with Gasteiger partial charge in [-0.2, -0.15) is 4.98 Å². The number of carbonyl (C=O) groups is 1. The molecule has 2 aromatic carbocycles. The van der Waals surface area contributed by atoms with E-state index in [-0.39, 0.29) is 0 Å². The van der Waals surface area contributed by atoms with Crippen molar-refractivity contribution in [1.82, 2.24) is 14.8 Å². The van der Waals surface area contributed by atoms with E-state index >= 15 is 0 Å². The van der Waals surface area contributed by atoms with E-state index in [9.17, 15) is 4.79 Å². The smallest absolute Gasteiger partial charge is 0.248 e. The summed E-state index contributed by atoms with van der Waals surface area (Å²) in [5.41, 5.74) is 9.62. The molecule has 1 amide bonds. The van der Waals surface area contributed by atoms with Gasteiger partial charge in [0.15, 0.2) is 17.3 Å². The Morgan fingerprint density at radius 3 is 2.68 bits per heavy atom. The van der Waals surface area contributed by atoms with E-state index in [0.29, 0.717) is 41.1 Å². The van der Waals surface area contributed by atoms with Crippen LogP contribution in [0.2, 0.25) is 0 Å². The third kappa shape index (κ3) is 3.72. The summed E-state index contributed by atoms with van der Waals surface area (Å²) in [7, 11) is 1.58. The first-order valence-corrected chi connectivity index (χ1v) is 10.0. The molecule has 8 nitrogen and oxygen atoms in total. The molecule has 8 heteroatoms. The summed E-state index contributed by atoms with van der Waals surface area (Å²) >= 11 is 0. The summed E-state index contributed by atoms with van der Waals surface area (Å²) < 4.78 is 12.8. The van der Waals surface area contributed by atoms with Crippen molar-refractivity contribution in [3.63, 3.8) is 0 Å². The van der Waals surface area contributed by atoms with Gasteiger partial charge in [0.25, 0.3) is 0 Å². The van der Waals surface area contributed by atoms with Crippen molar-refractivity contribution in [3.05, 3.63) is 64.9 Å². The van der Waals surface area contributed by atoms with Crippen molar-refractivity contribution >= 4 is 11.9 Å². The van der Waals surface area contributed by atoms with Crippen molar-refractivity contribution in [2.75, 3.05) is 19.0 Å². The lowest BCUT2D eigenvalue weighted by Gasteiger charge is -2.28. The number of rotatable bonds is 6. The van der Waals surface area contributed by atoms with Gasteiger partial charge in [-0.25, -0.2) is 4.68 Å². The van der Waals surface area contributed by atoms with E-state index in [1.807, 2.05) is 63.2 Å². The summed E-state index contributed by atoms with van der Waals surface area (Å²) in [5, 5.41) is 7.90. The third-order valence-corrected chi connectivity index (χ3v) is 5.20. The van der Waals surface area contributed by atoms with Crippen LogP contribution in [-0.2, 0) is 4.79 Å². The molecule has 0 spiro atoms. The molecule has 1 aliphatic heterocycles. The molecule has 160 valence electrons. The number of allylic oxidation sites excluding steroid dienone is 1. The zero-order chi connectivity index (χ0) is 22.1. The number of hydrogen-bond acceptors (Lipinski definition) is 6. The summed E-state index contributed by atoms with van der Waals surface area (Å²) in [6.07, 6.45) is 0. The molecule has 3 N–H and O–H groups in total. The van der Waals surface area contributed by atoms with Gasteiger partial charge in [-0.3, -0.25) is 4.79 Å². The van der Waals surface area contributed by atoms with Crippen LogP contribution in [-0.4, -0.2) is 34.4 Å². The number of amides is 1. The number of nitrogens with two attached hydrogens (primary N) is 1. The Hall–Kier alpha value is -3.81. The Bertz CT molecular complexity index is 1180. The number of primary amides is 1. The first-order valence-electron chi connectivity index (χ1n) is 10.0. The van der Waals surface area contributed by atoms with Crippen LogP contribution in [0.1, 0.15) is 31.0 Å². The van der Waals surface area contributed by atoms with Gasteiger partial charge in [0, 0.05) is 11.3 Å². The van der Waals surface area contributed by atoms with Crippen molar-refractivity contribution in [2.24, 2.45) is 5.73 Å². The maximum atomic E-state index is 12.4. The van der Waals surface area contributed by atoms with Crippen molar-refractivity contribution in [1.29, 1.82) is 0 Å². The summed E-state index contributed by atoms with van der Waals surface area (Å²) in [6, 6.07) is 13.0. The van der Waals surface area contributed by atoms with Crippen LogP contribution >= 0.6 is 0 Å². The molecule has 1 atom stereocenters. The number of aromatic nitrogens is 3. The van der Waals surface area contributed by atoms with Crippen molar-refractivity contribution in [2.45, 2.75) is 26.8 Å². The quantitative estimate of drug-likeness (QED) is 0.634. The summed E-state index contributed by atoms with van der Waals surface area (Å²) in [6.45, 7) is 6.25. The fraction of sp³-hybridized carbons (Fsp3) is 0.261. The standard InChI is InChI=1S/C23H25N5O3/c1-5-31-17-10-9-15(12-18(17)30-4)20-19(21(24)29)14(3)25-23-26-22(27-28(20)23)16-8-6-7-13(2)11-16/h6-12,20H,5H2,1-4H3,(H2,24,29)(H,25,26,27). The van der Waals surface area contributed by atoms with Crippen LogP contribution in [0.5, 0.6) is 11.5 Å². The van der Waals surface area contributed by atoms with Gasteiger partial charge >= 0.3 is 0 Å². The lowest BCUT2D eigenvalue weighted by Crippen LogP contribution is -2.31. The number of methoxy groups -OCH3 is 1. The predicted molar refractivity (Wildman–Crippen MR) is 118 cm³/mol. The lowest BCUT2D eigenvalue weighted by atomic mass is 9.95. The monoisotopic (exact) mass is 419 g/mol. The number of fused-ring (bicyclic) bond motifs is 1.